The van der Waals surface area contributed by atoms with Gasteiger partial charge in [-0.05, 0) is 43.1 Å². The predicted molar refractivity (Wildman–Crippen MR) is 124 cm³/mol. The first kappa shape index (κ1) is 22.3. The lowest BCUT2D eigenvalue weighted by atomic mass is 10.0. The molecule has 1 saturated carbocycles. The van der Waals surface area contributed by atoms with E-state index in [1.54, 1.807) is 24.9 Å². The summed E-state index contributed by atoms with van der Waals surface area (Å²) in [6.45, 7) is 1.39. The van der Waals surface area contributed by atoms with Crippen molar-refractivity contribution in [3.8, 4) is 5.75 Å². The van der Waals surface area contributed by atoms with Gasteiger partial charge in [-0.25, -0.2) is 13.5 Å². The summed E-state index contributed by atoms with van der Waals surface area (Å²) in [5.74, 6) is -0.884. The molecule has 31 heavy (non-hydrogen) atoms. The summed E-state index contributed by atoms with van der Waals surface area (Å²) in [6, 6.07) is 6.48. The standard InChI is InChI=1S/C23H26F2N2O2S2/c1-23(24,25)16-6-4-5-15(11-16)13-18-20(29-9-10-30-3)19-21(31-18)17(12-14-7-8-14)26-27(2)22(19)28/h4-6,11,14H,7-10,12-13H2,1-3H3. The van der Waals surface area contributed by atoms with Gasteiger partial charge in [-0.1, -0.05) is 18.2 Å². The van der Waals surface area contributed by atoms with E-state index in [1.807, 2.05) is 12.3 Å². The van der Waals surface area contributed by atoms with Crippen LogP contribution in [0.4, 0.5) is 8.78 Å². The summed E-state index contributed by atoms with van der Waals surface area (Å²) in [6.07, 6.45) is 5.68. The van der Waals surface area contributed by atoms with Gasteiger partial charge in [-0.2, -0.15) is 16.9 Å². The number of nitrogens with zero attached hydrogens (tertiary/aromatic N) is 2. The highest BCUT2D eigenvalue weighted by Crippen LogP contribution is 2.41. The van der Waals surface area contributed by atoms with Crippen LogP contribution >= 0.6 is 23.1 Å². The molecule has 0 N–H and O–H groups in total. The molecule has 0 amide bonds. The summed E-state index contributed by atoms with van der Waals surface area (Å²) < 4.78 is 36.0. The van der Waals surface area contributed by atoms with Crippen molar-refractivity contribution in [2.45, 2.75) is 38.5 Å². The molecule has 8 heteroatoms. The van der Waals surface area contributed by atoms with Crippen molar-refractivity contribution in [3.05, 3.63) is 56.3 Å². The first-order valence-corrected chi connectivity index (χ1v) is 12.6. The Hall–Kier alpha value is -1.93. The maximum atomic E-state index is 13.8. The van der Waals surface area contributed by atoms with Gasteiger partial charge in [0.25, 0.3) is 11.5 Å². The molecular weight excluding hydrogens is 438 g/mol. The van der Waals surface area contributed by atoms with Crippen LogP contribution < -0.4 is 10.3 Å². The van der Waals surface area contributed by atoms with E-state index >= 15 is 0 Å². The van der Waals surface area contributed by atoms with Crippen molar-refractivity contribution in [1.82, 2.24) is 9.78 Å². The van der Waals surface area contributed by atoms with Gasteiger partial charge >= 0.3 is 0 Å². The Morgan fingerprint density at radius 1 is 1.35 bits per heavy atom. The average Bonchev–Trinajstić information content (AvgIpc) is 3.46. The molecule has 0 aliphatic heterocycles. The largest absolute Gasteiger partial charge is 0.491 e. The molecule has 2 aromatic heterocycles. The zero-order valence-corrected chi connectivity index (χ0v) is 19.5. The fourth-order valence-corrected chi connectivity index (χ4v) is 5.17. The zero-order valence-electron chi connectivity index (χ0n) is 17.9. The van der Waals surface area contributed by atoms with Gasteiger partial charge in [0.2, 0.25) is 0 Å². The van der Waals surface area contributed by atoms with E-state index in [-0.39, 0.29) is 11.1 Å². The van der Waals surface area contributed by atoms with Gasteiger partial charge in [0, 0.05) is 31.7 Å². The third kappa shape index (κ3) is 4.95. The SMILES string of the molecule is CSCCOc1c(Cc2cccc(C(C)(F)F)c2)sc2c(CC3CC3)nn(C)c(=O)c12. The van der Waals surface area contributed by atoms with Crippen LogP contribution in [-0.4, -0.2) is 28.4 Å². The molecule has 1 aliphatic carbocycles. The predicted octanol–water partition coefficient (Wildman–Crippen LogP) is 5.39. The number of alkyl halides is 2. The Morgan fingerprint density at radius 3 is 2.81 bits per heavy atom. The first-order valence-electron chi connectivity index (χ1n) is 10.4. The van der Waals surface area contributed by atoms with E-state index in [1.165, 1.54) is 41.0 Å². The quantitative estimate of drug-likeness (QED) is 0.398. The molecule has 1 fully saturated rings. The zero-order chi connectivity index (χ0) is 22.2. The number of fused-ring (bicyclic) bond motifs is 1. The Balaban J connectivity index is 1.80. The Labute approximate surface area is 188 Å². The lowest BCUT2D eigenvalue weighted by Crippen LogP contribution is -2.21. The normalized spacial score (nSPS) is 14.4. The maximum absolute atomic E-state index is 13.8. The van der Waals surface area contributed by atoms with Crippen molar-refractivity contribution in [3.63, 3.8) is 0 Å². The number of thioether (sulfide) groups is 1. The number of aromatic nitrogens is 2. The van der Waals surface area contributed by atoms with E-state index < -0.39 is 5.92 Å². The molecule has 4 nitrogen and oxygen atoms in total. The third-order valence-electron chi connectivity index (χ3n) is 5.48. The van der Waals surface area contributed by atoms with Crippen molar-refractivity contribution in [2.75, 3.05) is 18.6 Å². The van der Waals surface area contributed by atoms with Gasteiger partial charge in [-0.3, -0.25) is 4.79 Å². The van der Waals surface area contributed by atoms with Gasteiger partial charge < -0.3 is 4.74 Å². The van der Waals surface area contributed by atoms with E-state index in [0.29, 0.717) is 30.1 Å². The van der Waals surface area contributed by atoms with Crippen LogP contribution in [0.5, 0.6) is 5.75 Å². The fraction of sp³-hybridized carbons (Fsp3) is 0.478. The van der Waals surface area contributed by atoms with Crippen LogP contribution in [0.3, 0.4) is 0 Å². The third-order valence-corrected chi connectivity index (χ3v) is 7.28. The second-order valence-corrected chi connectivity index (χ2v) is 10.3. The molecule has 4 rings (SSSR count). The molecule has 0 atom stereocenters. The molecule has 3 aromatic rings. The number of benzene rings is 1. The molecule has 0 saturated heterocycles. The van der Waals surface area contributed by atoms with Crippen molar-refractivity contribution < 1.29 is 13.5 Å². The first-order chi connectivity index (χ1) is 14.8. The van der Waals surface area contributed by atoms with Gasteiger partial charge in [0.15, 0.2) is 0 Å². The van der Waals surface area contributed by atoms with Crippen LogP contribution in [0.15, 0.2) is 29.1 Å². The number of hydrogen-bond donors (Lipinski definition) is 0. The average molecular weight is 465 g/mol. The minimum absolute atomic E-state index is 0.0111. The topological polar surface area (TPSA) is 44.1 Å². The van der Waals surface area contributed by atoms with Crippen LogP contribution in [0.25, 0.3) is 10.1 Å². The highest BCUT2D eigenvalue weighted by atomic mass is 32.2. The molecular formula is C23H26F2N2O2S2. The number of halogens is 2. The van der Waals surface area contributed by atoms with Crippen LogP contribution in [0.2, 0.25) is 0 Å². The van der Waals surface area contributed by atoms with E-state index in [2.05, 4.69) is 5.10 Å². The lowest BCUT2D eigenvalue weighted by Gasteiger charge is -2.12. The number of thiophene rings is 1. The number of hydrogen-bond acceptors (Lipinski definition) is 5. The summed E-state index contributed by atoms with van der Waals surface area (Å²) in [5.41, 5.74) is 1.52. The van der Waals surface area contributed by atoms with Crippen LogP contribution in [-0.2, 0) is 25.8 Å². The van der Waals surface area contributed by atoms with E-state index in [0.717, 1.165) is 39.9 Å². The fourth-order valence-electron chi connectivity index (χ4n) is 3.66. The molecule has 0 spiro atoms. The molecule has 166 valence electrons. The van der Waals surface area contributed by atoms with Gasteiger partial charge in [0.1, 0.15) is 11.1 Å². The van der Waals surface area contributed by atoms with Crippen molar-refractivity contribution in [1.29, 1.82) is 0 Å². The van der Waals surface area contributed by atoms with Crippen molar-refractivity contribution >= 4 is 33.2 Å². The van der Waals surface area contributed by atoms with Gasteiger partial charge in [-0.15, -0.1) is 11.3 Å². The van der Waals surface area contributed by atoms with E-state index in [4.69, 9.17) is 4.74 Å². The molecule has 2 heterocycles. The number of ether oxygens (including phenoxy) is 1. The highest BCUT2D eigenvalue weighted by molar-refractivity contribution is 7.98. The molecule has 1 aromatic carbocycles. The monoisotopic (exact) mass is 464 g/mol. The summed E-state index contributed by atoms with van der Waals surface area (Å²) in [7, 11) is 1.67. The second kappa shape index (κ2) is 8.90. The summed E-state index contributed by atoms with van der Waals surface area (Å²) >= 11 is 3.18. The molecule has 1 aliphatic rings. The minimum atomic E-state index is -2.90. The minimum Gasteiger partial charge on any atom is -0.491 e. The van der Waals surface area contributed by atoms with Gasteiger partial charge in [0.05, 0.1) is 21.9 Å². The second-order valence-electron chi connectivity index (χ2n) is 8.19. The lowest BCUT2D eigenvalue weighted by molar-refractivity contribution is 0.0174. The Kier molecular flexibility index (Phi) is 6.40. The Morgan fingerprint density at radius 2 is 2.13 bits per heavy atom. The van der Waals surface area contributed by atoms with Crippen LogP contribution in [0, 0.1) is 5.92 Å². The molecule has 0 radical (unpaired) electrons. The molecule has 0 unspecified atom stereocenters. The highest BCUT2D eigenvalue weighted by Gasteiger charge is 2.28. The Bertz CT molecular complexity index is 1150. The number of aryl methyl sites for hydroxylation is 1. The maximum Gasteiger partial charge on any atom is 0.279 e. The smallest absolute Gasteiger partial charge is 0.279 e. The van der Waals surface area contributed by atoms with Crippen LogP contribution in [0.1, 0.15) is 41.5 Å². The van der Waals surface area contributed by atoms with Crippen molar-refractivity contribution in [2.24, 2.45) is 13.0 Å². The number of rotatable bonds is 9. The summed E-state index contributed by atoms with van der Waals surface area (Å²) in [4.78, 5) is 13.9. The van der Waals surface area contributed by atoms with E-state index in [9.17, 15) is 13.6 Å². The molecule has 0 bridgehead atoms. The summed E-state index contributed by atoms with van der Waals surface area (Å²) in [5, 5.41) is 5.12.